The third kappa shape index (κ3) is 3.26. The zero-order chi connectivity index (χ0) is 17.3. The van der Waals surface area contributed by atoms with Crippen LogP contribution in [0.5, 0.6) is 5.75 Å². The number of hydrogen-bond donors (Lipinski definition) is 0. The number of fused-ring (bicyclic) bond motifs is 1. The molecule has 0 aliphatic carbocycles. The Kier molecular flexibility index (Phi) is 4.28. The molecule has 3 aromatic rings. The molecule has 0 saturated carbocycles. The Hall–Kier alpha value is -2.40. The highest BCUT2D eigenvalue weighted by Crippen LogP contribution is 2.34. The lowest BCUT2D eigenvalue weighted by molar-refractivity contribution is 0.415. The summed E-state index contributed by atoms with van der Waals surface area (Å²) in [7, 11) is 1.63. The normalized spacial score (nSPS) is 12.2. The first kappa shape index (κ1) is 16.5. The van der Waals surface area contributed by atoms with Crippen molar-refractivity contribution in [2.24, 2.45) is 10.2 Å². The molecule has 2 heterocycles. The Bertz CT molecular complexity index is 909. The molecule has 0 spiro atoms. The molecule has 0 atom stereocenters. The van der Waals surface area contributed by atoms with E-state index in [0.29, 0.717) is 16.5 Å². The SMILES string of the molecule is COc1cccc(N=Nc2c(C(C)(C)C)nc3ccc(Cl)cn23)c1. The first-order chi connectivity index (χ1) is 11.4. The van der Waals surface area contributed by atoms with Crippen molar-refractivity contribution in [3.05, 3.63) is 53.3 Å². The average Bonchev–Trinajstić information content (AvgIpc) is 2.91. The highest BCUT2D eigenvalue weighted by atomic mass is 35.5. The fraction of sp³-hybridized carbons (Fsp3) is 0.278. The zero-order valence-electron chi connectivity index (χ0n) is 14.1. The van der Waals surface area contributed by atoms with Crippen LogP contribution in [0.2, 0.25) is 5.02 Å². The van der Waals surface area contributed by atoms with Gasteiger partial charge in [-0.15, -0.1) is 10.2 Å². The van der Waals surface area contributed by atoms with Gasteiger partial charge >= 0.3 is 0 Å². The van der Waals surface area contributed by atoms with Crippen LogP contribution in [0, 0.1) is 0 Å². The Morgan fingerprint density at radius 2 is 1.92 bits per heavy atom. The van der Waals surface area contributed by atoms with E-state index in [0.717, 1.165) is 17.1 Å². The van der Waals surface area contributed by atoms with Gasteiger partial charge < -0.3 is 4.74 Å². The van der Waals surface area contributed by atoms with Crippen LogP contribution in [0.3, 0.4) is 0 Å². The van der Waals surface area contributed by atoms with Crippen LogP contribution in [-0.4, -0.2) is 16.5 Å². The van der Waals surface area contributed by atoms with Crippen molar-refractivity contribution in [3.8, 4) is 5.75 Å². The van der Waals surface area contributed by atoms with E-state index in [-0.39, 0.29) is 5.41 Å². The maximum atomic E-state index is 6.13. The molecule has 0 saturated heterocycles. The predicted octanol–water partition coefficient (Wildman–Crippen LogP) is 5.71. The minimum atomic E-state index is -0.165. The van der Waals surface area contributed by atoms with E-state index in [2.05, 4.69) is 31.0 Å². The molecule has 0 aliphatic heterocycles. The van der Waals surface area contributed by atoms with E-state index in [4.69, 9.17) is 21.3 Å². The summed E-state index contributed by atoms with van der Waals surface area (Å²) in [5.41, 5.74) is 2.22. The molecule has 6 heteroatoms. The number of aromatic nitrogens is 2. The van der Waals surface area contributed by atoms with Gasteiger partial charge in [-0.25, -0.2) is 4.98 Å². The van der Waals surface area contributed by atoms with Crippen molar-refractivity contribution < 1.29 is 4.74 Å². The molecule has 0 unspecified atom stereocenters. The molecule has 1 aromatic carbocycles. The summed E-state index contributed by atoms with van der Waals surface area (Å²) in [5.74, 6) is 1.42. The minimum Gasteiger partial charge on any atom is -0.497 e. The standard InChI is InChI=1S/C18H19ClN4O/c1-18(2,3)16-17(23-11-12(19)8-9-15(23)20-16)22-21-13-6-5-7-14(10-13)24-4/h5-11H,1-4H3. The Labute approximate surface area is 146 Å². The summed E-state index contributed by atoms with van der Waals surface area (Å²) in [6.45, 7) is 6.29. The van der Waals surface area contributed by atoms with Crippen molar-refractivity contribution in [2.75, 3.05) is 7.11 Å². The quantitative estimate of drug-likeness (QED) is 0.572. The molecule has 3 rings (SSSR count). The van der Waals surface area contributed by atoms with Gasteiger partial charge in [-0.2, -0.15) is 0 Å². The number of imidazole rings is 1. The average molecular weight is 343 g/mol. The van der Waals surface area contributed by atoms with Gasteiger partial charge in [-0.05, 0) is 24.3 Å². The van der Waals surface area contributed by atoms with Crippen LogP contribution in [0.1, 0.15) is 26.5 Å². The number of benzene rings is 1. The molecule has 2 aromatic heterocycles. The summed E-state index contributed by atoms with van der Waals surface area (Å²) in [4.78, 5) is 4.70. The number of hydrogen-bond acceptors (Lipinski definition) is 4. The second-order valence-corrected chi connectivity index (χ2v) is 6.95. The van der Waals surface area contributed by atoms with E-state index < -0.39 is 0 Å². The van der Waals surface area contributed by atoms with E-state index in [1.165, 1.54) is 0 Å². The second kappa shape index (κ2) is 6.24. The number of ether oxygens (including phenoxy) is 1. The van der Waals surface area contributed by atoms with E-state index in [1.54, 1.807) is 13.3 Å². The predicted molar refractivity (Wildman–Crippen MR) is 96.1 cm³/mol. The van der Waals surface area contributed by atoms with Crippen molar-refractivity contribution in [2.45, 2.75) is 26.2 Å². The van der Waals surface area contributed by atoms with E-state index in [1.807, 2.05) is 40.8 Å². The van der Waals surface area contributed by atoms with Crippen LogP contribution < -0.4 is 4.74 Å². The van der Waals surface area contributed by atoms with Crippen molar-refractivity contribution in [3.63, 3.8) is 0 Å². The Morgan fingerprint density at radius 1 is 1.12 bits per heavy atom. The number of halogens is 1. The Balaban J connectivity index is 2.12. The summed E-state index contributed by atoms with van der Waals surface area (Å²) in [6, 6.07) is 11.1. The van der Waals surface area contributed by atoms with Gasteiger partial charge in [0.05, 0.1) is 23.5 Å². The highest BCUT2D eigenvalue weighted by Gasteiger charge is 2.24. The maximum Gasteiger partial charge on any atom is 0.183 e. The molecule has 124 valence electrons. The molecule has 5 nitrogen and oxygen atoms in total. The smallest absolute Gasteiger partial charge is 0.183 e. The second-order valence-electron chi connectivity index (χ2n) is 6.51. The van der Waals surface area contributed by atoms with Crippen molar-refractivity contribution >= 4 is 28.8 Å². The van der Waals surface area contributed by atoms with Crippen molar-refractivity contribution in [1.29, 1.82) is 0 Å². The van der Waals surface area contributed by atoms with Gasteiger partial charge in [0.15, 0.2) is 5.82 Å². The molecule has 0 fully saturated rings. The van der Waals surface area contributed by atoms with Gasteiger partial charge in [0.25, 0.3) is 0 Å². The molecule has 0 amide bonds. The Morgan fingerprint density at radius 3 is 2.62 bits per heavy atom. The number of nitrogens with zero attached hydrogens (tertiary/aromatic N) is 4. The van der Waals surface area contributed by atoms with E-state index in [9.17, 15) is 0 Å². The zero-order valence-corrected chi connectivity index (χ0v) is 14.9. The third-order valence-electron chi connectivity index (χ3n) is 3.58. The van der Waals surface area contributed by atoms with Crippen LogP contribution >= 0.6 is 11.6 Å². The summed E-state index contributed by atoms with van der Waals surface area (Å²) in [5, 5.41) is 9.43. The summed E-state index contributed by atoms with van der Waals surface area (Å²) in [6.07, 6.45) is 1.80. The van der Waals surface area contributed by atoms with E-state index >= 15 is 0 Å². The van der Waals surface area contributed by atoms with Crippen LogP contribution in [0.15, 0.2) is 52.8 Å². The van der Waals surface area contributed by atoms with Crippen LogP contribution in [-0.2, 0) is 5.41 Å². The maximum absolute atomic E-state index is 6.13. The van der Waals surface area contributed by atoms with Gasteiger partial charge in [0.2, 0.25) is 0 Å². The third-order valence-corrected chi connectivity index (χ3v) is 3.80. The van der Waals surface area contributed by atoms with Gasteiger partial charge in [-0.1, -0.05) is 38.4 Å². The topological polar surface area (TPSA) is 51.2 Å². The molecule has 0 radical (unpaired) electrons. The number of pyridine rings is 1. The van der Waals surface area contributed by atoms with Crippen LogP contribution in [0.25, 0.3) is 5.65 Å². The molecular formula is C18H19ClN4O. The van der Waals surface area contributed by atoms with Crippen molar-refractivity contribution in [1.82, 2.24) is 9.38 Å². The highest BCUT2D eigenvalue weighted by molar-refractivity contribution is 6.30. The first-order valence-corrected chi connectivity index (χ1v) is 8.00. The molecule has 0 N–H and O–H groups in total. The lowest BCUT2D eigenvalue weighted by Gasteiger charge is -2.15. The van der Waals surface area contributed by atoms with Gasteiger partial charge in [0.1, 0.15) is 11.4 Å². The summed E-state index contributed by atoms with van der Waals surface area (Å²) < 4.78 is 7.09. The number of azo groups is 1. The fourth-order valence-electron chi connectivity index (χ4n) is 2.38. The van der Waals surface area contributed by atoms with Crippen LogP contribution in [0.4, 0.5) is 11.5 Å². The summed E-state index contributed by atoms with van der Waals surface area (Å²) >= 11 is 6.13. The molecule has 24 heavy (non-hydrogen) atoms. The largest absolute Gasteiger partial charge is 0.497 e. The minimum absolute atomic E-state index is 0.165. The lowest BCUT2D eigenvalue weighted by Crippen LogP contribution is -2.11. The number of rotatable bonds is 3. The van der Waals surface area contributed by atoms with Gasteiger partial charge in [-0.3, -0.25) is 4.40 Å². The fourth-order valence-corrected chi connectivity index (χ4v) is 2.54. The molecule has 0 bridgehead atoms. The number of methoxy groups -OCH3 is 1. The molecular weight excluding hydrogens is 324 g/mol. The lowest BCUT2D eigenvalue weighted by atomic mass is 9.92. The monoisotopic (exact) mass is 342 g/mol. The van der Waals surface area contributed by atoms with Gasteiger partial charge in [0, 0.05) is 17.7 Å². The first-order valence-electron chi connectivity index (χ1n) is 7.62. The molecule has 0 aliphatic rings.